The Morgan fingerprint density at radius 1 is 0.475 bits per heavy atom. The van der Waals surface area contributed by atoms with Crippen LogP contribution in [0.2, 0.25) is 20.6 Å². The van der Waals surface area contributed by atoms with Gasteiger partial charge in [0, 0.05) is 24.7 Å². The van der Waals surface area contributed by atoms with E-state index in [9.17, 15) is 0 Å². The Labute approximate surface area is 254 Å². The van der Waals surface area contributed by atoms with Crippen molar-refractivity contribution < 1.29 is 9.60 Å². The Morgan fingerprint density at radius 3 is 1.52 bits per heavy atom. The van der Waals surface area contributed by atoms with E-state index in [1.54, 1.807) is 12.3 Å². The molecule has 0 amide bonds. The number of nitrogens with one attached hydrogen (secondary N) is 4. The fourth-order valence-corrected chi connectivity index (χ4v) is 3.71. The van der Waals surface area contributed by atoms with Gasteiger partial charge in [-0.2, -0.15) is 0 Å². The quantitative estimate of drug-likeness (QED) is 0.140. The van der Waals surface area contributed by atoms with Gasteiger partial charge in [-0.3, -0.25) is 0 Å². The zero-order chi connectivity index (χ0) is 34.0. The lowest BCUT2D eigenvalue weighted by molar-refractivity contribution is 1.20. The van der Waals surface area contributed by atoms with Crippen LogP contribution in [0.15, 0.2) is 74.2 Å². The Hall–Kier alpha value is -4.36. The molecule has 0 saturated carbocycles. The number of rotatable bonds is 0. The van der Waals surface area contributed by atoms with Crippen LogP contribution in [-0.2, 0) is 0 Å². The van der Waals surface area contributed by atoms with Crippen molar-refractivity contribution in [1.29, 1.82) is 0 Å². The zero-order valence-corrected chi connectivity index (χ0v) is 22.5. The molecule has 0 aliphatic rings. The van der Waals surface area contributed by atoms with E-state index in [-0.39, 0.29) is 53.0 Å². The molecule has 0 atom stereocenters. The molecule has 8 rings (SSSR count). The second-order valence-corrected chi connectivity index (χ2v) is 8.58. The highest BCUT2D eigenvalue weighted by atomic mass is 35.5. The van der Waals surface area contributed by atoms with Gasteiger partial charge in [0.1, 0.15) is 71.2 Å². The summed E-state index contributed by atoms with van der Waals surface area (Å²) in [7, 11) is 0. The molecule has 0 aromatic carbocycles. The van der Waals surface area contributed by atoms with Gasteiger partial charge in [-0.1, -0.05) is 46.4 Å². The maximum absolute atomic E-state index is 7.44. The number of hydrogen-bond acceptors (Lipinski definition) is 8. The zero-order valence-electron chi connectivity index (χ0n) is 26.5. The van der Waals surface area contributed by atoms with E-state index < -0.39 is 0 Å². The maximum Gasteiger partial charge on any atom is 0.142 e. The molecule has 4 N–H and O–H groups in total. The maximum atomic E-state index is 7.44. The first-order valence-corrected chi connectivity index (χ1v) is 12.2. The molecule has 0 bridgehead atoms. The Kier molecular flexibility index (Phi) is 6.22. The van der Waals surface area contributed by atoms with Crippen molar-refractivity contribution in [2.24, 2.45) is 0 Å². The SMILES string of the molecule is [2H]c1[nH]c2ncnc(Cl)c2c1[2H].[2H]c1c[nH]c2ncnc(Cl)c12.[2H]c1nc(Cl)c2c([2H])c([2H])[nH]c2n1.[2H]c1nc(Cl)c2cc[nH]c2n1. The third-order valence-electron chi connectivity index (χ3n) is 4.77. The summed E-state index contributed by atoms with van der Waals surface area (Å²) < 4.78 is 51.1. The van der Waals surface area contributed by atoms with Crippen LogP contribution < -0.4 is 0 Å². The molecule has 8 aromatic rings. The molecule has 8 heterocycles. The van der Waals surface area contributed by atoms with Gasteiger partial charge in [0.15, 0.2) is 0 Å². The third-order valence-corrected chi connectivity index (χ3v) is 5.91. The van der Waals surface area contributed by atoms with Crippen molar-refractivity contribution in [2.45, 2.75) is 0 Å². The monoisotopic (exact) mass is 619 g/mol. The van der Waals surface area contributed by atoms with Crippen LogP contribution in [0.4, 0.5) is 0 Å². The first-order valence-electron chi connectivity index (χ1n) is 14.2. The highest BCUT2D eigenvalue weighted by Crippen LogP contribution is 2.18. The van der Waals surface area contributed by atoms with Gasteiger partial charge in [0.05, 0.1) is 28.4 Å². The normalized spacial score (nSPS) is 12.9. The van der Waals surface area contributed by atoms with Crippen molar-refractivity contribution >= 4 is 90.5 Å². The summed E-state index contributed by atoms with van der Waals surface area (Å²) in [6.07, 6.45) is 5.55. The predicted octanol–water partition coefficient (Wildman–Crippen LogP) is 6.45. The molecular weight excluding hydrogens is 598 g/mol. The molecule has 200 valence electrons. The van der Waals surface area contributed by atoms with Crippen molar-refractivity contribution in [1.82, 2.24) is 59.8 Å². The van der Waals surface area contributed by atoms with Crippen molar-refractivity contribution in [3.8, 4) is 0 Å². The Morgan fingerprint density at radius 2 is 0.925 bits per heavy atom. The van der Waals surface area contributed by atoms with Gasteiger partial charge in [-0.25, -0.2) is 39.9 Å². The van der Waals surface area contributed by atoms with Crippen LogP contribution in [0.1, 0.15) is 9.60 Å². The van der Waals surface area contributed by atoms with E-state index in [4.69, 9.17) is 56.0 Å². The predicted molar refractivity (Wildman–Crippen MR) is 156 cm³/mol. The summed E-state index contributed by atoms with van der Waals surface area (Å²) in [5.41, 5.74) is 1.91. The average Bonchev–Trinajstić information content (AvgIpc) is 3.77. The summed E-state index contributed by atoms with van der Waals surface area (Å²) in [5.74, 6) is 0. The number of hydrogen-bond donors (Lipinski definition) is 4. The molecule has 40 heavy (non-hydrogen) atoms. The van der Waals surface area contributed by atoms with Gasteiger partial charge in [0.25, 0.3) is 0 Å². The van der Waals surface area contributed by atoms with Crippen molar-refractivity contribution in [3.63, 3.8) is 0 Å². The molecule has 8 aromatic heterocycles. The topological polar surface area (TPSA) is 166 Å². The number of nitrogens with zero attached hydrogens (tertiary/aromatic N) is 8. The molecule has 0 aliphatic heterocycles. The van der Waals surface area contributed by atoms with Crippen LogP contribution in [-0.4, -0.2) is 59.8 Å². The molecule has 0 fully saturated rings. The number of aromatic nitrogens is 12. The highest BCUT2D eigenvalue weighted by molar-refractivity contribution is 6.35. The molecule has 0 unspecified atom stereocenters. The Bertz CT molecular complexity index is 2380. The number of H-pyrrole nitrogens is 4. The number of fused-ring (bicyclic) bond motifs is 4. The molecule has 0 saturated heterocycles. The lowest BCUT2D eigenvalue weighted by atomic mass is 10.4. The van der Waals surface area contributed by atoms with Crippen LogP contribution in [0.5, 0.6) is 0 Å². The van der Waals surface area contributed by atoms with Gasteiger partial charge in [-0.05, 0) is 24.2 Å². The summed E-state index contributed by atoms with van der Waals surface area (Å²) in [6, 6.07) is 2.10. The van der Waals surface area contributed by atoms with E-state index in [0.29, 0.717) is 49.4 Å². The fourth-order valence-electron chi connectivity index (χ4n) is 2.98. The van der Waals surface area contributed by atoms with Gasteiger partial charge in [-0.15, -0.1) is 0 Å². The summed E-state index contributed by atoms with van der Waals surface area (Å²) in [4.78, 5) is 40.7. The van der Waals surface area contributed by atoms with Gasteiger partial charge < -0.3 is 19.9 Å². The lowest BCUT2D eigenvalue weighted by Gasteiger charge is -1.88. The van der Waals surface area contributed by atoms with Crippen LogP contribution in [0.25, 0.3) is 44.1 Å². The summed E-state index contributed by atoms with van der Waals surface area (Å²) >= 11 is 22.8. The molecule has 16 heteroatoms. The minimum Gasteiger partial charge on any atom is -0.346 e. The third kappa shape index (κ3) is 6.26. The van der Waals surface area contributed by atoms with E-state index in [1.807, 2.05) is 0 Å². The number of halogens is 4. The molecular formula is C24H16Cl4N12. The second kappa shape index (κ2) is 12.7. The smallest absolute Gasteiger partial charge is 0.142 e. The van der Waals surface area contributed by atoms with E-state index >= 15 is 0 Å². The van der Waals surface area contributed by atoms with E-state index in [1.165, 1.54) is 18.9 Å². The molecule has 0 radical (unpaired) electrons. The molecule has 0 aliphatic carbocycles. The highest BCUT2D eigenvalue weighted by Gasteiger charge is 2.01. The fraction of sp³-hybridized carbons (Fsp3) is 0. The van der Waals surface area contributed by atoms with Crippen molar-refractivity contribution in [2.75, 3.05) is 0 Å². The summed E-state index contributed by atoms with van der Waals surface area (Å²) in [6.45, 7) is 0. The van der Waals surface area contributed by atoms with Gasteiger partial charge >= 0.3 is 0 Å². The number of aromatic amines is 4. The summed E-state index contributed by atoms with van der Waals surface area (Å²) in [5, 5.41) is 2.92. The van der Waals surface area contributed by atoms with Crippen molar-refractivity contribution in [3.05, 3.63) is 94.8 Å². The molecule has 0 spiro atoms. The standard InChI is InChI=1S/4C6H4ClN3/c4*7-5-4-1-2-8-6(4)10-3-9-5/h4*1-3H,(H,8,9,10)/i1D,2D,3D;1D,2D;3D;1D. The van der Waals surface area contributed by atoms with Crippen LogP contribution >= 0.6 is 46.4 Å². The van der Waals surface area contributed by atoms with Crippen LogP contribution in [0.3, 0.4) is 0 Å². The first-order chi connectivity index (χ1) is 22.3. The largest absolute Gasteiger partial charge is 0.346 e. The van der Waals surface area contributed by atoms with Gasteiger partial charge in [0.2, 0.25) is 0 Å². The van der Waals surface area contributed by atoms with Crippen LogP contribution in [0, 0.1) is 0 Å². The average molecular weight is 621 g/mol. The minimum absolute atomic E-state index is 0.00685. The van der Waals surface area contributed by atoms with E-state index in [0.717, 1.165) is 5.39 Å². The Balaban J connectivity index is 0.000000123. The minimum atomic E-state index is -0.223. The first kappa shape index (κ1) is 19.7. The van der Waals surface area contributed by atoms with E-state index in [2.05, 4.69) is 59.8 Å². The second-order valence-electron chi connectivity index (χ2n) is 7.15. The molecule has 12 nitrogen and oxygen atoms in total. The lowest BCUT2D eigenvalue weighted by Crippen LogP contribution is -1.79.